The van der Waals surface area contributed by atoms with E-state index < -0.39 is 0 Å². The number of nitrogens with zero attached hydrogens (tertiary/aromatic N) is 1. The van der Waals surface area contributed by atoms with Crippen LogP contribution in [0, 0.1) is 0 Å². The lowest BCUT2D eigenvalue weighted by Crippen LogP contribution is -2.12. The second-order valence-corrected chi connectivity index (χ2v) is 4.01. The van der Waals surface area contributed by atoms with E-state index in [1.54, 1.807) is 7.11 Å². The quantitative estimate of drug-likeness (QED) is 0.839. The van der Waals surface area contributed by atoms with Gasteiger partial charge in [0.1, 0.15) is 5.75 Å². The maximum absolute atomic E-state index is 5.74. The van der Waals surface area contributed by atoms with Crippen LogP contribution in [0.1, 0.15) is 24.8 Å². The van der Waals surface area contributed by atoms with E-state index in [2.05, 4.69) is 10.3 Å². The summed E-state index contributed by atoms with van der Waals surface area (Å²) in [6, 6.07) is 6.00. The molecule has 0 amide bonds. The molecule has 2 aromatic rings. The summed E-state index contributed by atoms with van der Waals surface area (Å²) in [7, 11) is 1.65. The number of rotatable bonds is 2. The van der Waals surface area contributed by atoms with Gasteiger partial charge in [-0.1, -0.05) is 6.07 Å². The zero-order valence-corrected chi connectivity index (χ0v) is 9.19. The molecule has 1 atom stereocenters. The summed E-state index contributed by atoms with van der Waals surface area (Å²) in [5.41, 5.74) is 1.61. The van der Waals surface area contributed by atoms with Gasteiger partial charge in [-0.25, -0.2) is 4.98 Å². The Kier molecular flexibility index (Phi) is 2.29. The van der Waals surface area contributed by atoms with Gasteiger partial charge in [-0.15, -0.1) is 0 Å². The van der Waals surface area contributed by atoms with Crippen molar-refractivity contribution in [2.75, 3.05) is 13.7 Å². The molecule has 2 heterocycles. The zero-order valence-electron chi connectivity index (χ0n) is 9.19. The second kappa shape index (κ2) is 3.79. The Labute approximate surface area is 93.6 Å². The molecular weight excluding hydrogens is 204 g/mol. The van der Waals surface area contributed by atoms with Crippen LogP contribution in [0.2, 0.25) is 0 Å². The van der Waals surface area contributed by atoms with Crippen molar-refractivity contribution < 1.29 is 9.15 Å². The lowest BCUT2D eigenvalue weighted by Gasteiger charge is -2.02. The van der Waals surface area contributed by atoms with Gasteiger partial charge >= 0.3 is 0 Å². The Morgan fingerprint density at radius 2 is 2.44 bits per heavy atom. The fourth-order valence-corrected chi connectivity index (χ4v) is 2.15. The molecule has 1 aromatic carbocycles. The molecule has 1 aliphatic rings. The van der Waals surface area contributed by atoms with Crippen molar-refractivity contribution in [3.8, 4) is 5.75 Å². The van der Waals surface area contributed by atoms with Gasteiger partial charge in [-0.05, 0) is 31.5 Å². The number of nitrogens with one attached hydrogen (secondary N) is 1. The molecule has 0 bridgehead atoms. The highest BCUT2D eigenvalue weighted by Gasteiger charge is 2.22. The number of oxazole rings is 1. The maximum atomic E-state index is 5.74. The Morgan fingerprint density at radius 1 is 1.50 bits per heavy atom. The van der Waals surface area contributed by atoms with Crippen molar-refractivity contribution in [3.63, 3.8) is 0 Å². The van der Waals surface area contributed by atoms with E-state index in [1.165, 1.54) is 6.42 Å². The molecule has 4 heteroatoms. The molecule has 0 saturated carbocycles. The highest BCUT2D eigenvalue weighted by atomic mass is 16.5. The normalized spacial score (nSPS) is 20.4. The lowest BCUT2D eigenvalue weighted by molar-refractivity contribution is 0.419. The van der Waals surface area contributed by atoms with E-state index in [4.69, 9.17) is 9.15 Å². The highest BCUT2D eigenvalue weighted by Crippen LogP contribution is 2.30. The Hall–Kier alpha value is -1.55. The van der Waals surface area contributed by atoms with Crippen LogP contribution in [-0.4, -0.2) is 18.6 Å². The minimum absolute atomic E-state index is 0.261. The van der Waals surface area contributed by atoms with Crippen molar-refractivity contribution in [1.29, 1.82) is 0 Å². The minimum atomic E-state index is 0.261. The monoisotopic (exact) mass is 218 g/mol. The van der Waals surface area contributed by atoms with Crippen molar-refractivity contribution in [2.24, 2.45) is 0 Å². The third kappa shape index (κ3) is 1.46. The van der Waals surface area contributed by atoms with Gasteiger partial charge in [0.25, 0.3) is 0 Å². The van der Waals surface area contributed by atoms with Crippen LogP contribution < -0.4 is 10.1 Å². The first-order chi connectivity index (χ1) is 7.88. The van der Waals surface area contributed by atoms with E-state index >= 15 is 0 Å². The number of ether oxygens (including phenoxy) is 1. The molecule has 1 aliphatic heterocycles. The average molecular weight is 218 g/mol. The van der Waals surface area contributed by atoms with Gasteiger partial charge in [0.2, 0.25) is 5.89 Å². The number of hydrogen-bond acceptors (Lipinski definition) is 4. The van der Waals surface area contributed by atoms with Crippen LogP contribution in [-0.2, 0) is 0 Å². The molecule has 1 N–H and O–H groups in total. The van der Waals surface area contributed by atoms with Gasteiger partial charge in [-0.3, -0.25) is 0 Å². The fourth-order valence-electron chi connectivity index (χ4n) is 2.15. The van der Waals surface area contributed by atoms with Crippen LogP contribution in [0.15, 0.2) is 22.6 Å². The van der Waals surface area contributed by atoms with Gasteiger partial charge in [0, 0.05) is 0 Å². The first-order valence-electron chi connectivity index (χ1n) is 5.55. The van der Waals surface area contributed by atoms with Gasteiger partial charge in [-0.2, -0.15) is 0 Å². The van der Waals surface area contributed by atoms with Crippen LogP contribution >= 0.6 is 0 Å². The Balaban J connectivity index is 2.07. The predicted octanol–water partition coefficient (Wildman–Crippen LogP) is 2.26. The number of aromatic nitrogens is 1. The smallest absolute Gasteiger partial charge is 0.212 e. The van der Waals surface area contributed by atoms with E-state index in [-0.39, 0.29) is 6.04 Å². The summed E-state index contributed by atoms with van der Waals surface area (Å²) in [4.78, 5) is 4.51. The molecule has 0 aliphatic carbocycles. The van der Waals surface area contributed by atoms with Crippen LogP contribution in [0.5, 0.6) is 5.75 Å². The van der Waals surface area contributed by atoms with Crippen molar-refractivity contribution in [3.05, 3.63) is 24.1 Å². The molecule has 1 aromatic heterocycles. The summed E-state index contributed by atoms with van der Waals surface area (Å²) in [6.45, 7) is 1.04. The zero-order chi connectivity index (χ0) is 11.0. The van der Waals surface area contributed by atoms with E-state index in [9.17, 15) is 0 Å². The molecule has 84 valence electrons. The van der Waals surface area contributed by atoms with Crippen LogP contribution in [0.25, 0.3) is 11.1 Å². The minimum Gasteiger partial charge on any atom is -0.494 e. The number of fused-ring (bicyclic) bond motifs is 1. The SMILES string of the molecule is COc1cccc2oc(C3CCCN3)nc12. The molecule has 3 rings (SSSR count). The van der Waals surface area contributed by atoms with Crippen molar-refractivity contribution >= 4 is 11.1 Å². The lowest BCUT2D eigenvalue weighted by atomic mass is 10.2. The molecule has 1 saturated heterocycles. The summed E-state index contributed by atoms with van der Waals surface area (Å²) in [5, 5.41) is 3.37. The molecule has 0 spiro atoms. The molecule has 1 fully saturated rings. The molecule has 1 unspecified atom stereocenters. The second-order valence-electron chi connectivity index (χ2n) is 4.01. The third-order valence-corrected chi connectivity index (χ3v) is 2.98. The third-order valence-electron chi connectivity index (χ3n) is 2.98. The average Bonchev–Trinajstić information content (AvgIpc) is 2.96. The Bertz CT molecular complexity index is 501. The predicted molar refractivity (Wildman–Crippen MR) is 60.5 cm³/mol. The van der Waals surface area contributed by atoms with Crippen molar-refractivity contribution in [1.82, 2.24) is 10.3 Å². The van der Waals surface area contributed by atoms with Crippen molar-refractivity contribution in [2.45, 2.75) is 18.9 Å². The summed E-state index contributed by atoms with van der Waals surface area (Å²) in [5.74, 6) is 1.54. The number of para-hydroxylation sites is 1. The first kappa shape index (κ1) is 9.66. The Morgan fingerprint density at radius 3 is 3.19 bits per heavy atom. The molecule has 0 radical (unpaired) electrons. The number of benzene rings is 1. The van der Waals surface area contributed by atoms with Crippen LogP contribution in [0.4, 0.5) is 0 Å². The summed E-state index contributed by atoms with van der Waals surface area (Å²) in [6.07, 6.45) is 2.27. The standard InChI is InChI=1S/C12H14N2O2/c1-15-9-5-2-6-10-11(9)14-12(16-10)8-4-3-7-13-8/h2,5-6,8,13H,3-4,7H2,1H3. The van der Waals surface area contributed by atoms with Gasteiger partial charge in [0.05, 0.1) is 13.2 Å². The van der Waals surface area contributed by atoms with E-state index in [0.717, 1.165) is 35.7 Å². The van der Waals surface area contributed by atoms with E-state index in [0.29, 0.717) is 0 Å². The molecule has 16 heavy (non-hydrogen) atoms. The van der Waals surface area contributed by atoms with Gasteiger partial charge in [0.15, 0.2) is 11.1 Å². The number of methoxy groups -OCH3 is 1. The molecular formula is C12H14N2O2. The van der Waals surface area contributed by atoms with E-state index in [1.807, 2.05) is 18.2 Å². The summed E-state index contributed by atoms with van der Waals surface area (Å²) >= 11 is 0. The van der Waals surface area contributed by atoms with Gasteiger partial charge < -0.3 is 14.5 Å². The maximum Gasteiger partial charge on any atom is 0.212 e. The topological polar surface area (TPSA) is 47.3 Å². The highest BCUT2D eigenvalue weighted by molar-refractivity contribution is 5.79. The molecule has 4 nitrogen and oxygen atoms in total. The largest absolute Gasteiger partial charge is 0.494 e. The number of hydrogen-bond donors (Lipinski definition) is 1. The van der Waals surface area contributed by atoms with Crippen LogP contribution in [0.3, 0.4) is 0 Å². The fraction of sp³-hybridized carbons (Fsp3) is 0.417. The first-order valence-corrected chi connectivity index (χ1v) is 5.55. The summed E-state index contributed by atoms with van der Waals surface area (Å²) < 4.78 is 11.0.